The van der Waals surface area contributed by atoms with Gasteiger partial charge in [0.2, 0.25) is 5.91 Å². The molecule has 1 atom stereocenters. The standard InChI is InChI=1S/C17H18N2O/c1-12-6-5-7-13(10-12)18-15-11-17(20)19(2)16-9-4-3-8-14(15)16/h3-10,15,18H,11H2,1-2H3. The van der Waals surface area contributed by atoms with Crippen LogP contribution >= 0.6 is 0 Å². The van der Waals surface area contributed by atoms with Crippen molar-refractivity contribution in [1.29, 1.82) is 0 Å². The molecule has 1 heterocycles. The first-order valence-corrected chi connectivity index (χ1v) is 6.84. The number of fused-ring (bicyclic) bond motifs is 1. The van der Waals surface area contributed by atoms with Crippen LogP contribution in [0.25, 0.3) is 0 Å². The van der Waals surface area contributed by atoms with E-state index in [1.165, 1.54) is 11.1 Å². The highest BCUT2D eigenvalue weighted by Gasteiger charge is 2.28. The molecule has 1 amide bonds. The molecule has 0 bridgehead atoms. The lowest BCUT2D eigenvalue weighted by Crippen LogP contribution is -2.35. The molecule has 0 radical (unpaired) electrons. The van der Waals surface area contributed by atoms with Crippen LogP contribution in [0, 0.1) is 6.92 Å². The Morgan fingerprint density at radius 2 is 1.95 bits per heavy atom. The Kier molecular flexibility index (Phi) is 3.18. The van der Waals surface area contributed by atoms with Crippen LogP contribution in [-0.2, 0) is 4.79 Å². The second-order valence-electron chi connectivity index (χ2n) is 5.28. The van der Waals surface area contributed by atoms with Gasteiger partial charge in [0.1, 0.15) is 0 Å². The summed E-state index contributed by atoms with van der Waals surface area (Å²) in [6.07, 6.45) is 0.488. The molecular formula is C17H18N2O. The zero-order chi connectivity index (χ0) is 14.1. The number of hydrogen-bond acceptors (Lipinski definition) is 2. The summed E-state index contributed by atoms with van der Waals surface area (Å²) in [6.45, 7) is 2.07. The van der Waals surface area contributed by atoms with Crippen molar-refractivity contribution in [1.82, 2.24) is 0 Å². The Bertz CT molecular complexity index is 651. The number of amides is 1. The monoisotopic (exact) mass is 266 g/mol. The molecule has 0 saturated carbocycles. The van der Waals surface area contributed by atoms with E-state index < -0.39 is 0 Å². The molecule has 0 spiro atoms. The van der Waals surface area contributed by atoms with E-state index in [0.717, 1.165) is 11.4 Å². The van der Waals surface area contributed by atoms with Gasteiger partial charge in [-0.2, -0.15) is 0 Å². The molecule has 1 N–H and O–H groups in total. The zero-order valence-corrected chi connectivity index (χ0v) is 11.8. The minimum atomic E-state index is 0.0386. The van der Waals surface area contributed by atoms with Gasteiger partial charge in [-0.25, -0.2) is 0 Å². The van der Waals surface area contributed by atoms with E-state index in [2.05, 4.69) is 30.4 Å². The minimum Gasteiger partial charge on any atom is -0.378 e. The number of nitrogens with one attached hydrogen (secondary N) is 1. The highest BCUT2D eigenvalue weighted by atomic mass is 16.2. The van der Waals surface area contributed by atoms with Gasteiger partial charge < -0.3 is 10.2 Å². The molecule has 0 aromatic heterocycles. The summed E-state index contributed by atoms with van der Waals surface area (Å²) in [5.74, 6) is 0.147. The van der Waals surface area contributed by atoms with E-state index in [0.29, 0.717) is 6.42 Å². The largest absolute Gasteiger partial charge is 0.378 e. The SMILES string of the molecule is Cc1cccc(NC2CC(=O)N(C)c3ccccc32)c1. The Balaban J connectivity index is 1.94. The van der Waals surface area contributed by atoms with Crippen molar-refractivity contribution in [2.24, 2.45) is 0 Å². The topological polar surface area (TPSA) is 32.3 Å². The number of carbonyl (C=O) groups excluding carboxylic acids is 1. The summed E-state index contributed by atoms with van der Waals surface area (Å²) < 4.78 is 0. The van der Waals surface area contributed by atoms with Crippen molar-refractivity contribution in [2.45, 2.75) is 19.4 Å². The Labute approximate surface area is 119 Å². The summed E-state index contributed by atoms with van der Waals surface area (Å²) in [6, 6.07) is 16.4. The predicted molar refractivity (Wildman–Crippen MR) is 82.0 cm³/mol. The van der Waals surface area contributed by atoms with Gasteiger partial charge >= 0.3 is 0 Å². The van der Waals surface area contributed by atoms with Crippen LogP contribution < -0.4 is 10.2 Å². The molecule has 0 fully saturated rings. The van der Waals surface area contributed by atoms with Crippen LogP contribution in [0.3, 0.4) is 0 Å². The first-order chi connectivity index (χ1) is 9.65. The Morgan fingerprint density at radius 1 is 1.15 bits per heavy atom. The molecule has 3 rings (SSSR count). The van der Waals surface area contributed by atoms with Crippen LogP contribution in [0.15, 0.2) is 48.5 Å². The van der Waals surface area contributed by atoms with Crippen molar-refractivity contribution >= 4 is 17.3 Å². The fraction of sp³-hybridized carbons (Fsp3) is 0.235. The quantitative estimate of drug-likeness (QED) is 0.902. The number of benzene rings is 2. The predicted octanol–water partition coefficient (Wildman–Crippen LogP) is 3.51. The van der Waals surface area contributed by atoms with Crippen molar-refractivity contribution < 1.29 is 4.79 Å². The van der Waals surface area contributed by atoms with Gasteiger partial charge in [-0.05, 0) is 36.2 Å². The number of carbonyl (C=O) groups is 1. The summed E-state index contributed by atoms with van der Waals surface area (Å²) >= 11 is 0. The molecule has 20 heavy (non-hydrogen) atoms. The summed E-state index contributed by atoms with van der Waals surface area (Å²) in [5.41, 5.74) is 4.44. The van der Waals surface area contributed by atoms with E-state index in [9.17, 15) is 4.79 Å². The fourth-order valence-electron chi connectivity index (χ4n) is 2.71. The van der Waals surface area contributed by atoms with E-state index in [-0.39, 0.29) is 11.9 Å². The van der Waals surface area contributed by atoms with Gasteiger partial charge in [0.05, 0.1) is 12.5 Å². The molecule has 3 heteroatoms. The normalized spacial score (nSPS) is 17.8. The number of hydrogen-bond donors (Lipinski definition) is 1. The molecule has 2 aromatic rings. The van der Waals surface area contributed by atoms with Crippen LogP contribution in [-0.4, -0.2) is 13.0 Å². The summed E-state index contributed by atoms with van der Waals surface area (Å²) in [4.78, 5) is 13.9. The number of rotatable bonds is 2. The number of aryl methyl sites for hydroxylation is 1. The third-order valence-corrected chi connectivity index (χ3v) is 3.79. The first-order valence-electron chi connectivity index (χ1n) is 6.84. The van der Waals surface area contributed by atoms with Crippen LogP contribution in [0.4, 0.5) is 11.4 Å². The maximum Gasteiger partial charge on any atom is 0.229 e. The third kappa shape index (κ3) is 2.27. The van der Waals surface area contributed by atoms with E-state index in [1.807, 2.05) is 37.4 Å². The van der Waals surface area contributed by atoms with Crippen LogP contribution in [0.5, 0.6) is 0 Å². The van der Waals surface area contributed by atoms with E-state index in [1.54, 1.807) is 4.90 Å². The highest BCUT2D eigenvalue weighted by Crippen LogP contribution is 2.35. The van der Waals surface area contributed by atoms with Crippen molar-refractivity contribution in [2.75, 3.05) is 17.3 Å². The zero-order valence-electron chi connectivity index (χ0n) is 11.8. The van der Waals surface area contributed by atoms with E-state index >= 15 is 0 Å². The molecule has 0 aliphatic carbocycles. The summed E-state index contributed by atoms with van der Waals surface area (Å²) in [5, 5.41) is 3.48. The third-order valence-electron chi connectivity index (χ3n) is 3.79. The molecule has 1 aliphatic heterocycles. The second kappa shape index (κ2) is 5.00. The highest BCUT2D eigenvalue weighted by molar-refractivity contribution is 5.97. The number of anilines is 2. The number of para-hydroxylation sites is 1. The molecule has 3 nitrogen and oxygen atoms in total. The van der Waals surface area contributed by atoms with Gasteiger partial charge in [0.15, 0.2) is 0 Å². The lowest BCUT2D eigenvalue weighted by atomic mass is 9.96. The van der Waals surface area contributed by atoms with Gasteiger partial charge in [-0.15, -0.1) is 0 Å². The van der Waals surface area contributed by atoms with Crippen LogP contribution in [0.2, 0.25) is 0 Å². The van der Waals surface area contributed by atoms with E-state index in [4.69, 9.17) is 0 Å². The van der Waals surface area contributed by atoms with Crippen LogP contribution in [0.1, 0.15) is 23.6 Å². The van der Waals surface area contributed by atoms with Crippen molar-refractivity contribution in [3.63, 3.8) is 0 Å². The maximum absolute atomic E-state index is 12.1. The lowest BCUT2D eigenvalue weighted by Gasteiger charge is -2.32. The summed E-state index contributed by atoms with van der Waals surface area (Å²) in [7, 11) is 1.84. The average Bonchev–Trinajstić information content (AvgIpc) is 2.45. The van der Waals surface area contributed by atoms with Gasteiger partial charge in [0, 0.05) is 18.4 Å². The van der Waals surface area contributed by atoms with Gasteiger partial charge in [-0.1, -0.05) is 30.3 Å². The van der Waals surface area contributed by atoms with Gasteiger partial charge in [0.25, 0.3) is 0 Å². The van der Waals surface area contributed by atoms with Crippen molar-refractivity contribution in [3.05, 3.63) is 59.7 Å². The second-order valence-corrected chi connectivity index (χ2v) is 5.28. The average molecular weight is 266 g/mol. The maximum atomic E-state index is 12.1. The molecular weight excluding hydrogens is 248 g/mol. The molecule has 1 aliphatic rings. The molecule has 0 saturated heterocycles. The minimum absolute atomic E-state index is 0.0386. The lowest BCUT2D eigenvalue weighted by molar-refractivity contribution is -0.118. The first kappa shape index (κ1) is 12.7. The Hall–Kier alpha value is -2.29. The van der Waals surface area contributed by atoms with Crippen molar-refractivity contribution in [3.8, 4) is 0 Å². The Morgan fingerprint density at radius 3 is 2.75 bits per heavy atom. The fourth-order valence-corrected chi connectivity index (χ4v) is 2.71. The smallest absolute Gasteiger partial charge is 0.229 e. The molecule has 2 aromatic carbocycles. The number of nitrogens with zero attached hydrogens (tertiary/aromatic N) is 1. The molecule has 102 valence electrons. The van der Waals surface area contributed by atoms with Gasteiger partial charge in [-0.3, -0.25) is 4.79 Å². The molecule has 1 unspecified atom stereocenters.